The molecule has 222 valence electrons. The molecule has 1 amide bonds. The molecule has 2 N–H and O–H groups in total. The Morgan fingerprint density at radius 2 is 1.79 bits per heavy atom. The smallest absolute Gasteiger partial charge is 0.305 e. The fourth-order valence-electron chi connectivity index (χ4n) is 5.14. The molecular formula is C32H31N3O7S. The Balaban J connectivity index is 1.46. The molecule has 3 aromatic carbocycles. The minimum atomic E-state index is -3.92. The molecule has 5 rings (SSSR count). The van der Waals surface area contributed by atoms with Gasteiger partial charge in [0.05, 0.1) is 29.9 Å². The fourth-order valence-corrected chi connectivity index (χ4v) is 6.55. The number of aliphatic carboxylic acids is 1. The number of nitrogens with one attached hydrogen (secondary N) is 1. The number of benzene rings is 3. The molecule has 0 radical (unpaired) electrons. The van der Waals surface area contributed by atoms with Crippen LogP contribution in [0.4, 0.5) is 0 Å². The van der Waals surface area contributed by atoms with Gasteiger partial charge in [0.25, 0.3) is 5.91 Å². The molecule has 0 aliphatic heterocycles. The molecule has 1 aliphatic carbocycles. The maximum absolute atomic E-state index is 13.7. The molecule has 4 aromatic rings. The number of amides is 1. The molecule has 43 heavy (non-hydrogen) atoms. The van der Waals surface area contributed by atoms with Gasteiger partial charge < -0.3 is 19.7 Å². The first kappa shape index (κ1) is 29.7. The maximum Gasteiger partial charge on any atom is 0.305 e. The van der Waals surface area contributed by atoms with Crippen molar-refractivity contribution in [2.24, 2.45) is 0 Å². The predicted molar refractivity (Wildman–Crippen MR) is 158 cm³/mol. The average Bonchev–Trinajstić information content (AvgIpc) is 3.51. The Labute approximate surface area is 249 Å². The van der Waals surface area contributed by atoms with Crippen LogP contribution in [-0.2, 0) is 33.4 Å². The van der Waals surface area contributed by atoms with Crippen molar-refractivity contribution in [1.29, 1.82) is 0 Å². The highest BCUT2D eigenvalue weighted by Crippen LogP contribution is 2.36. The van der Waals surface area contributed by atoms with Gasteiger partial charge in [-0.3, -0.25) is 14.4 Å². The summed E-state index contributed by atoms with van der Waals surface area (Å²) in [6.07, 6.45) is 6.07. The van der Waals surface area contributed by atoms with E-state index in [1.807, 2.05) is 41.1 Å². The van der Waals surface area contributed by atoms with Crippen molar-refractivity contribution >= 4 is 27.5 Å². The number of carbonyl (C=O) groups is 3. The summed E-state index contributed by atoms with van der Waals surface area (Å²) in [7, 11) is -3.92. The van der Waals surface area contributed by atoms with E-state index in [2.05, 4.69) is 10.3 Å². The first-order chi connectivity index (χ1) is 20.7. The van der Waals surface area contributed by atoms with Crippen LogP contribution >= 0.6 is 0 Å². The van der Waals surface area contributed by atoms with Gasteiger partial charge >= 0.3 is 5.97 Å². The normalized spacial score (nSPS) is 13.6. The number of carboxylic acid groups (broad SMARTS) is 1. The molecule has 0 bridgehead atoms. The van der Waals surface area contributed by atoms with E-state index in [-0.39, 0.29) is 29.2 Å². The third-order valence-electron chi connectivity index (χ3n) is 7.33. The number of nitrogens with zero attached hydrogens (tertiary/aromatic N) is 2. The number of fused-ring (bicyclic) bond motifs is 1. The van der Waals surface area contributed by atoms with Crippen LogP contribution < -0.4 is 10.1 Å². The van der Waals surface area contributed by atoms with Gasteiger partial charge in [0, 0.05) is 42.0 Å². The number of ether oxygens (including phenoxy) is 1. The third kappa shape index (κ3) is 7.18. The Morgan fingerprint density at radius 3 is 2.49 bits per heavy atom. The number of ketones is 1. The second kappa shape index (κ2) is 13.0. The zero-order valence-corrected chi connectivity index (χ0v) is 24.1. The summed E-state index contributed by atoms with van der Waals surface area (Å²) in [5, 5.41) is 11.3. The fraction of sp³-hybridized carbons (Fsp3) is 0.250. The van der Waals surface area contributed by atoms with E-state index < -0.39 is 33.6 Å². The minimum Gasteiger partial charge on any atom is -0.484 e. The van der Waals surface area contributed by atoms with Crippen molar-refractivity contribution in [2.75, 3.05) is 6.54 Å². The van der Waals surface area contributed by atoms with Crippen LogP contribution in [-0.4, -0.2) is 47.3 Å². The highest BCUT2D eigenvalue weighted by atomic mass is 32.2. The van der Waals surface area contributed by atoms with Crippen molar-refractivity contribution < 1.29 is 32.6 Å². The highest BCUT2D eigenvalue weighted by Gasteiger charge is 2.28. The van der Waals surface area contributed by atoms with Gasteiger partial charge in [0.1, 0.15) is 11.9 Å². The number of imidazole rings is 1. The lowest BCUT2D eigenvalue weighted by Gasteiger charge is -2.25. The zero-order chi connectivity index (χ0) is 30.4. The van der Waals surface area contributed by atoms with E-state index in [4.69, 9.17) is 9.84 Å². The van der Waals surface area contributed by atoms with Gasteiger partial charge in [-0.05, 0) is 60.4 Å². The van der Waals surface area contributed by atoms with Crippen molar-refractivity contribution in [2.45, 2.75) is 49.0 Å². The minimum absolute atomic E-state index is 0.0123. The molecule has 0 saturated carbocycles. The number of hydrogen-bond acceptors (Lipinski definition) is 7. The molecule has 0 fully saturated rings. The average molecular weight is 602 g/mol. The highest BCUT2D eigenvalue weighted by molar-refractivity contribution is 7.90. The van der Waals surface area contributed by atoms with E-state index in [0.717, 1.165) is 5.56 Å². The molecule has 10 nitrogen and oxygen atoms in total. The van der Waals surface area contributed by atoms with Crippen LogP contribution in [0.5, 0.6) is 5.75 Å². The Hall–Kier alpha value is -4.77. The van der Waals surface area contributed by atoms with Gasteiger partial charge in [-0.25, -0.2) is 13.4 Å². The van der Waals surface area contributed by atoms with E-state index in [1.165, 1.54) is 24.3 Å². The monoisotopic (exact) mass is 601 g/mol. The lowest BCUT2D eigenvalue weighted by molar-refractivity contribution is -0.136. The van der Waals surface area contributed by atoms with Crippen LogP contribution in [0.25, 0.3) is 0 Å². The standard InChI is InChI=1S/C32H31N3O7S/c36-28-8-4-7-25-26(28)13-14-29(42-30(19-35-18-17-33-21-35)22-5-2-1-3-6-22)27(25)20-43(40,41)24-11-9-23(10-12-24)32(39)34-16-15-31(37)38/h1-3,5-6,9-14,17-18,21,30H,4,7-8,15-16,19-20H2,(H,34,39)(H,37,38)/t30-/m1/s1. The van der Waals surface area contributed by atoms with Gasteiger partial charge in [-0.1, -0.05) is 30.3 Å². The summed E-state index contributed by atoms with van der Waals surface area (Å²) in [4.78, 5) is 40.0. The third-order valence-corrected chi connectivity index (χ3v) is 8.99. The second-order valence-electron chi connectivity index (χ2n) is 10.3. The SMILES string of the molecule is O=C(O)CCNC(=O)c1ccc(S(=O)(=O)Cc2c(O[C@H](Cn3ccnc3)c3ccccc3)ccc3c2CCCC3=O)cc1. The predicted octanol–water partition coefficient (Wildman–Crippen LogP) is 4.40. The zero-order valence-electron chi connectivity index (χ0n) is 23.3. The molecule has 1 atom stereocenters. The van der Waals surface area contributed by atoms with E-state index in [9.17, 15) is 22.8 Å². The summed E-state index contributed by atoms with van der Waals surface area (Å²) in [5.41, 5.74) is 2.76. The molecule has 0 spiro atoms. The summed E-state index contributed by atoms with van der Waals surface area (Å²) in [5.74, 6) is -1.56. The first-order valence-corrected chi connectivity index (χ1v) is 15.5. The first-order valence-electron chi connectivity index (χ1n) is 13.9. The summed E-state index contributed by atoms with van der Waals surface area (Å²) in [6.45, 7) is 0.391. The molecule has 1 aliphatic rings. The molecule has 11 heteroatoms. The maximum atomic E-state index is 13.7. The Kier molecular flexibility index (Phi) is 9.01. The number of sulfone groups is 1. The molecule has 1 heterocycles. The van der Waals surface area contributed by atoms with Crippen LogP contribution in [0, 0.1) is 0 Å². The van der Waals surface area contributed by atoms with E-state index >= 15 is 0 Å². The number of carboxylic acids is 1. The van der Waals surface area contributed by atoms with Crippen molar-refractivity contribution in [3.63, 3.8) is 0 Å². The lowest BCUT2D eigenvalue weighted by atomic mass is 9.87. The topological polar surface area (TPSA) is 145 Å². The van der Waals surface area contributed by atoms with Gasteiger partial charge in [0.15, 0.2) is 15.6 Å². The number of hydrogen-bond donors (Lipinski definition) is 2. The Morgan fingerprint density at radius 1 is 1.02 bits per heavy atom. The molecule has 0 saturated heterocycles. The number of rotatable bonds is 12. The summed E-state index contributed by atoms with van der Waals surface area (Å²) < 4.78 is 35.9. The van der Waals surface area contributed by atoms with Crippen LogP contribution in [0.1, 0.15) is 62.8 Å². The number of aromatic nitrogens is 2. The summed E-state index contributed by atoms with van der Waals surface area (Å²) in [6, 6.07) is 18.5. The number of Topliss-reactive ketones (excluding diaryl/α,β-unsaturated/α-hetero) is 1. The van der Waals surface area contributed by atoms with Crippen molar-refractivity contribution in [3.8, 4) is 5.75 Å². The van der Waals surface area contributed by atoms with E-state index in [1.54, 1.807) is 24.7 Å². The van der Waals surface area contributed by atoms with Crippen LogP contribution in [0.3, 0.4) is 0 Å². The molecule has 0 unspecified atom stereocenters. The number of carbonyl (C=O) groups excluding carboxylic acids is 2. The molecular weight excluding hydrogens is 570 g/mol. The lowest BCUT2D eigenvalue weighted by Crippen LogP contribution is -2.26. The van der Waals surface area contributed by atoms with Gasteiger partial charge in [-0.15, -0.1) is 0 Å². The van der Waals surface area contributed by atoms with Gasteiger partial charge in [0.2, 0.25) is 0 Å². The largest absolute Gasteiger partial charge is 0.484 e. The quantitative estimate of drug-likeness (QED) is 0.243. The van der Waals surface area contributed by atoms with Gasteiger partial charge in [-0.2, -0.15) is 0 Å². The van der Waals surface area contributed by atoms with Crippen LogP contribution in [0.15, 0.2) is 90.3 Å². The van der Waals surface area contributed by atoms with Crippen molar-refractivity contribution in [3.05, 3.63) is 113 Å². The Bertz CT molecular complexity index is 1720. The second-order valence-corrected chi connectivity index (χ2v) is 12.3. The van der Waals surface area contributed by atoms with Crippen molar-refractivity contribution in [1.82, 2.24) is 14.9 Å². The summed E-state index contributed by atoms with van der Waals surface area (Å²) >= 11 is 0. The van der Waals surface area contributed by atoms with E-state index in [0.29, 0.717) is 48.2 Å². The molecule has 1 aromatic heterocycles. The van der Waals surface area contributed by atoms with Crippen LogP contribution in [0.2, 0.25) is 0 Å².